The number of rotatable bonds is 7. The zero-order valence-electron chi connectivity index (χ0n) is 17.1. The quantitative estimate of drug-likeness (QED) is 0.199. The molecule has 160 valence electrons. The van der Waals surface area contributed by atoms with E-state index in [2.05, 4.69) is 11.6 Å². The van der Waals surface area contributed by atoms with Gasteiger partial charge in [-0.1, -0.05) is 24.2 Å². The van der Waals surface area contributed by atoms with Crippen molar-refractivity contribution >= 4 is 35.2 Å². The molecule has 0 saturated carbocycles. The Morgan fingerprint density at radius 2 is 2.10 bits per heavy atom. The number of hydrogen-bond acceptors (Lipinski definition) is 7. The van der Waals surface area contributed by atoms with Gasteiger partial charge in [0.1, 0.15) is 6.61 Å². The highest BCUT2D eigenvalue weighted by molar-refractivity contribution is 6.32. The maximum atomic E-state index is 12.3. The number of nitro groups is 1. The van der Waals surface area contributed by atoms with Gasteiger partial charge in [0.05, 0.1) is 17.1 Å². The summed E-state index contributed by atoms with van der Waals surface area (Å²) in [5.41, 5.74) is 2.11. The number of carbonyl (C=O) groups is 1. The number of cyclic esters (lactones) is 1. The van der Waals surface area contributed by atoms with Crippen molar-refractivity contribution in [2.24, 2.45) is 4.99 Å². The Hall–Kier alpha value is -3.65. The van der Waals surface area contributed by atoms with Crippen molar-refractivity contribution < 1.29 is 23.9 Å². The maximum Gasteiger partial charge on any atom is 0.363 e. The molecule has 0 aromatic heterocycles. The first-order valence-electron chi connectivity index (χ1n) is 9.12. The molecule has 0 aliphatic carbocycles. The number of nitrogens with zero attached hydrogens (tertiary/aromatic N) is 2. The van der Waals surface area contributed by atoms with Crippen LogP contribution in [0.3, 0.4) is 0 Å². The van der Waals surface area contributed by atoms with Crippen molar-refractivity contribution in [3.63, 3.8) is 0 Å². The van der Waals surface area contributed by atoms with Gasteiger partial charge in [-0.3, -0.25) is 10.1 Å². The lowest BCUT2D eigenvalue weighted by atomic mass is 10.1. The molecule has 0 radical (unpaired) electrons. The van der Waals surface area contributed by atoms with Crippen LogP contribution in [0.4, 0.5) is 5.69 Å². The van der Waals surface area contributed by atoms with Gasteiger partial charge >= 0.3 is 5.97 Å². The number of ether oxygens (including phenoxy) is 3. The highest BCUT2D eigenvalue weighted by Crippen LogP contribution is 2.37. The van der Waals surface area contributed by atoms with Crippen LogP contribution in [0.15, 0.2) is 53.2 Å². The Morgan fingerprint density at radius 1 is 1.35 bits per heavy atom. The van der Waals surface area contributed by atoms with Gasteiger partial charge in [-0.2, -0.15) is 0 Å². The molecule has 1 aliphatic rings. The van der Waals surface area contributed by atoms with Crippen LogP contribution in [0.1, 0.15) is 23.6 Å². The van der Waals surface area contributed by atoms with E-state index in [0.717, 1.165) is 5.57 Å². The lowest BCUT2D eigenvalue weighted by Gasteiger charge is -2.13. The van der Waals surface area contributed by atoms with Crippen molar-refractivity contribution in [2.75, 3.05) is 13.7 Å². The van der Waals surface area contributed by atoms with Gasteiger partial charge in [0.2, 0.25) is 5.90 Å². The summed E-state index contributed by atoms with van der Waals surface area (Å²) >= 11 is 6.33. The van der Waals surface area contributed by atoms with Crippen LogP contribution in [0.2, 0.25) is 5.02 Å². The van der Waals surface area contributed by atoms with Gasteiger partial charge in [-0.05, 0) is 49.3 Å². The van der Waals surface area contributed by atoms with E-state index >= 15 is 0 Å². The first-order chi connectivity index (χ1) is 14.7. The van der Waals surface area contributed by atoms with E-state index in [4.69, 9.17) is 25.8 Å². The van der Waals surface area contributed by atoms with Crippen molar-refractivity contribution in [3.05, 3.63) is 80.0 Å². The second-order valence-corrected chi connectivity index (χ2v) is 7.28. The number of methoxy groups -OCH3 is 1. The lowest BCUT2D eigenvalue weighted by Crippen LogP contribution is -2.06. The molecule has 0 amide bonds. The third-order valence-electron chi connectivity index (χ3n) is 4.29. The van der Waals surface area contributed by atoms with Crippen molar-refractivity contribution in [2.45, 2.75) is 13.8 Å². The Kier molecular flexibility index (Phi) is 6.41. The van der Waals surface area contributed by atoms with E-state index < -0.39 is 10.9 Å². The topological polar surface area (TPSA) is 100 Å². The third-order valence-corrected chi connectivity index (χ3v) is 4.57. The van der Waals surface area contributed by atoms with E-state index in [0.29, 0.717) is 28.2 Å². The molecule has 0 N–H and O–H groups in total. The molecule has 0 fully saturated rings. The first kappa shape index (κ1) is 22.0. The highest BCUT2D eigenvalue weighted by Gasteiger charge is 2.26. The normalized spacial score (nSPS) is 14.3. The van der Waals surface area contributed by atoms with Crippen LogP contribution in [0.5, 0.6) is 11.5 Å². The van der Waals surface area contributed by atoms with Crippen LogP contribution < -0.4 is 9.47 Å². The molecule has 0 atom stereocenters. The number of carbonyl (C=O) groups excluding carboxylic acids is 1. The number of nitro benzene ring substituents is 1. The van der Waals surface area contributed by atoms with Gasteiger partial charge in [-0.15, -0.1) is 0 Å². The predicted molar refractivity (Wildman–Crippen MR) is 117 cm³/mol. The van der Waals surface area contributed by atoms with Crippen molar-refractivity contribution in [1.29, 1.82) is 0 Å². The summed E-state index contributed by atoms with van der Waals surface area (Å²) in [7, 11) is 1.47. The van der Waals surface area contributed by atoms with Crippen LogP contribution in [0.25, 0.3) is 6.08 Å². The second-order valence-electron chi connectivity index (χ2n) is 6.87. The summed E-state index contributed by atoms with van der Waals surface area (Å²) in [5.74, 6) is 0.0412. The largest absolute Gasteiger partial charge is 0.493 e. The highest BCUT2D eigenvalue weighted by atomic mass is 35.5. The number of hydrogen-bond donors (Lipinski definition) is 0. The molecule has 0 bridgehead atoms. The summed E-state index contributed by atoms with van der Waals surface area (Å²) in [5, 5.41) is 11.5. The van der Waals surface area contributed by atoms with Crippen LogP contribution >= 0.6 is 11.6 Å². The lowest BCUT2D eigenvalue weighted by molar-refractivity contribution is -0.385. The standard InChI is InChI=1S/C22H19ClN2O6/c1-12(2)11-30-20-16(23)7-14(9-19(20)29-4)8-17-22(26)31-21(24-17)15-6-5-13(3)18(10-15)25(27)28/h5-10H,1,11H2,2-4H3/b17-8-. The average Bonchev–Trinajstić information content (AvgIpc) is 3.07. The molecule has 0 unspecified atom stereocenters. The summed E-state index contributed by atoms with van der Waals surface area (Å²) < 4.78 is 16.2. The Morgan fingerprint density at radius 3 is 2.74 bits per heavy atom. The molecule has 2 aromatic carbocycles. The average molecular weight is 443 g/mol. The molecular formula is C22H19ClN2O6. The number of aliphatic imine (C=N–C) groups is 1. The van der Waals surface area contributed by atoms with Crippen LogP contribution in [0, 0.1) is 17.0 Å². The molecule has 31 heavy (non-hydrogen) atoms. The fraction of sp³-hybridized carbons (Fsp3) is 0.182. The number of esters is 1. The van der Waals surface area contributed by atoms with E-state index in [9.17, 15) is 14.9 Å². The third kappa shape index (κ3) is 4.92. The van der Waals surface area contributed by atoms with E-state index in [1.54, 1.807) is 31.2 Å². The second kappa shape index (κ2) is 9.01. The SMILES string of the molecule is C=C(C)COc1c(Cl)cc(/C=C2\N=C(c3ccc(C)c([N+](=O)[O-])c3)OC2=O)cc1OC. The Labute approximate surface area is 183 Å². The summed E-state index contributed by atoms with van der Waals surface area (Å²) in [4.78, 5) is 27.2. The zero-order chi connectivity index (χ0) is 22.7. The van der Waals surface area contributed by atoms with Crippen molar-refractivity contribution in [3.8, 4) is 11.5 Å². The van der Waals surface area contributed by atoms with Gasteiger partial charge in [-0.25, -0.2) is 9.79 Å². The zero-order valence-corrected chi connectivity index (χ0v) is 17.9. The van der Waals surface area contributed by atoms with Crippen LogP contribution in [-0.4, -0.2) is 30.5 Å². The van der Waals surface area contributed by atoms with Crippen molar-refractivity contribution in [1.82, 2.24) is 0 Å². The van der Waals surface area contributed by atoms with Crippen LogP contribution in [-0.2, 0) is 9.53 Å². The molecule has 8 nitrogen and oxygen atoms in total. The predicted octanol–water partition coefficient (Wildman–Crippen LogP) is 4.86. The molecule has 0 saturated heterocycles. The van der Waals surface area contributed by atoms with Gasteiger partial charge in [0, 0.05) is 17.2 Å². The molecule has 0 spiro atoms. The molecule has 9 heteroatoms. The summed E-state index contributed by atoms with van der Waals surface area (Å²) in [6.45, 7) is 7.50. The number of halogens is 1. The number of aryl methyl sites for hydroxylation is 1. The Balaban J connectivity index is 1.95. The molecular weight excluding hydrogens is 424 g/mol. The molecule has 1 heterocycles. The van der Waals surface area contributed by atoms with E-state index in [-0.39, 0.29) is 28.9 Å². The fourth-order valence-corrected chi connectivity index (χ4v) is 3.06. The van der Waals surface area contributed by atoms with Gasteiger partial charge in [0.15, 0.2) is 17.2 Å². The Bertz CT molecular complexity index is 1150. The molecule has 1 aliphatic heterocycles. The fourth-order valence-electron chi connectivity index (χ4n) is 2.79. The molecule has 2 aromatic rings. The monoisotopic (exact) mass is 442 g/mol. The first-order valence-corrected chi connectivity index (χ1v) is 9.50. The maximum absolute atomic E-state index is 12.3. The van der Waals surface area contributed by atoms with Gasteiger partial charge < -0.3 is 14.2 Å². The smallest absolute Gasteiger partial charge is 0.363 e. The van der Waals surface area contributed by atoms with Gasteiger partial charge in [0.25, 0.3) is 5.69 Å². The minimum Gasteiger partial charge on any atom is -0.493 e. The summed E-state index contributed by atoms with van der Waals surface area (Å²) in [6, 6.07) is 7.73. The number of benzene rings is 2. The minimum absolute atomic E-state index is 0.0150. The van der Waals surface area contributed by atoms with E-state index in [1.165, 1.54) is 19.3 Å². The minimum atomic E-state index is -0.684. The molecule has 3 rings (SSSR count). The van der Waals surface area contributed by atoms with E-state index in [1.807, 2.05) is 6.92 Å². The summed E-state index contributed by atoms with van der Waals surface area (Å²) in [6.07, 6.45) is 1.48.